The summed E-state index contributed by atoms with van der Waals surface area (Å²) in [4.78, 5) is 12.0. The number of benzene rings is 2. The van der Waals surface area contributed by atoms with Gasteiger partial charge in [0, 0.05) is 16.9 Å². The molecule has 2 aromatic rings. The van der Waals surface area contributed by atoms with E-state index in [4.69, 9.17) is 11.6 Å². The van der Waals surface area contributed by atoms with Gasteiger partial charge in [0.15, 0.2) is 0 Å². The molecule has 22 heavy (non-hydrogen) atoms. The van der Waals surface area contributed by atoms with E-state index < -0.39 is 0 Å². The smallest absolute Gasteiger partial charge is 0.314 e. The summed E-state index contributed by atoms with van der Waals surface area (Å²) in [7, 11) is 0. The highest BCUT2D eigenvalue weighted by Crippen LogP contribution is 2.20. The molecule has 0 spiro atoms. The number of urea groups is 1. The van der Waals surface area contributed by atoms with E-state index in [1.807, 2.05) is 49.4 Å². The first-order chi connectivity index (χ1) is 10.6. The van der Waals surface area contributed by atoms with Gasteiger partial charge in [-0.15, -0.1) is 0 Å². The third-order valence-electron chi connectivity index (χ3n) is 3.32. The molecule has 2 rings (SSSR count). The first-order valence-corrected chi connectivity index (χ1v) is 7.56. The fraction of sp³-hybridized carbons (Fsp3) is 0.167. The zero-order chi connectivity index (χ0) is 15.9. The number of hydrogen-bond donors (Lipinski definition) is 2. The summed E-state index contributed by atoms with van der Waals surface area (Å²) in [5.41, 5.74) is 3.97. The van der Waals surface area contributed by atoms with Crippen molar-refractivity contribution < 1.29 is 4.79 Å². The molecule has 3 nitrogen and oxygen atoms in total. The van der Waals surface area contributed by atoms with Crippen molar-refractivity contribution in [2.75, 3.05) is 5.32 Å². The molecular weight excluding hydrogens is 296 g/mol. The number of para-hydroxylation sites is 1. The number of hydrogen-bond acceptors (Lipinski definition) is 1. The summed E-state index contributed by atoms with van der Waals surface area (Å²) >= 11 is 5.91. The Morgan fingerprint density at radius 2 is 2.00 bits per heavy atom. The highest BCUT2D eigenvalue weighted by Gasteiger charge is 2.06. The summed E-state index contributed by atoms with van der Waals surface area (Å²) in [6.45, 7) is 4.05. The molecule has 0 fully saturated rings. The number of anilines is 1. The molecule has 0 radical (unpaired) electrons. The Balaban J connectivity index is 1.99. The second kappa shape index (κ2) is 7.66. The molecule has 114 valence electrons. The molecule has 2 amide bonds. The fourth-order valence-corrected chi connectivity index (χ4v) is 2.37. The van der Waals surface area contributed by atoms with Crippen molar-refractivity contribution in [2.24, 2.45) is 0 Å². The lowest BCUT2D eigenvalue weighted by Gasteiger charge is -2.12. The van der Waals surface area contributed by atoms with Crippen LogP contribution >= 0.6 is 11.6 Å². The predicted molar refractivity (Wildman–Crippen MR) is 93.2 cm³/mol. The van der Waals surface area contributed by atoms with Crippen LogP contribution in [0.25, 0.3) is 6.08 Å². The Bertz CT molecular complexity index is 695. The number of rotatable bonds is 4. The number of nitrogens with one attached hydrogen (secondary N) is 2. The maximum absolute atomic E-state index is 12.0. The molecule has 0 bridgehead atoms. The average Bonchev–Trinajstić information content (AvgIpc) is 2.49. The average molecular weight is 315 g/mol. The van der Waals surface area contributed by atoms with Crippen molar-refractivity contribution in [3.63, 3.8) is 0 Å². The third kappa shape index (κ3) is 4.37. The maximum atomic E-state index is 12.0. The van der Waals surface area contributed by atoms with E-state index in [0.717, 1.165) is 28.8 Å². The molecule has 0 atom stereocenters. The minimum atomic E-state index is -0.262. The zero-order valence-corrected chi connectivity index (χ0v) is 13.4. The third-order valence-corrected chi connectivity index (χ3v) is 3.55. The van der Waals surface area contributed by atoms with Crippen LogP contribution in [-0.4, -0.2) is 6.03 Å². The van der Waals surface area contributed by atoms with Gasteiger partial charge in [0.25, 0.3) is 0 Å². The first kappa shape index (κ1) is 16.1. The predicted octanol–water partition coefficient (Wildman–Crippen LogP) is 5.00. The SMILES string of the molecule is CCc1cccc(C)c1NC(=O)N/C=C/c1cccc(Cl)c1. The summed E-state index contributed by atoms with van der Waals surface area (Å²) in [6.07, 6.45) is 4.27. The molecule has 0 aliphatic rings. The molecule has 0 saturated heterocycles. The van der Waals surface area contributed by atoms with E-state index in [1.165, 1.54) is 0 Å². The van der Waals surface area contributed by atoms with Crippen LogP contribution < -0.4 is 10.6 Å². The van der Waals surface area contributed by atoms with Crippen LogP contribution in [0, 0.1) is 6.92 Å². The monoisotopic (exact) mass is 314 g/mol. The molecule has 0 aliphatic carbocycles. The van der Waals surface area contributed by atoms with Crippen LogP contribution in [0.3, 0.4) is 0 Å². The summed E-state index contributed by atoms with van der Waals surface area (Å²) in [6, 6.07) is 13.2. The highest BCUT2D eigenvalue weighted by molar-refractivity contribution is 6.30. The van der Waals surface area contributed by atoms with Crippen molar-refractivity contribution in [2.45, 2.75) is 20.3 Å². The molecule has 2 N–H and O–H groups in total. The van der Waals surface area contributed by atoms with E-state index in [9.17, 15) is 4.79 Å². The van der Waals surface area contributed by atoms with Gasteiger partial charge >= 0.3 is 6.03 Å². The second-order valence-corrected chi connectivity index (χ2v) is 5.39. The van der Waals surface area contributed by atoms with Crippen LogP contribution in [0.15, 0.2) is 48.7 Å². The number of amides is 2. The lowest BCUT2D eigenvalue weighted by molar-refractivity contribution is 0.255. The van der Waals surface area contributed by atoms with Crippen molar-refractivity contribution in [3.05, 3.63) is 70.4 Å². The van der Waals surface area contributed by atoms with Gasteiger partial charge in [0.1, 0.15) is 0 Å². The number of aryl methyl sites for hydroxylation is 2. The minimum Gasteiger partial charge on any atom is -0.314 e. The lowest BCUT2D eigenvalue weighted by atomic mass is 10.1. The standard InChI is InChI=1S/C18H19ClN2O/c1-3-15-8-4-6-13(2)17(15)21-18(22)20-11-10-14-7-5-9-16(19)12-14/h4-12H,3H2,1-2H3,(H2,20,21,22)/b11-10+. The van der Waals surface area contributed by atoms with Gasteiger partial charge < -0.3 is 10.6 Å². The van der Waals surface area contributed by atoms with Crippen LogP contribution in [0.2, 0.25) is 5.02 Å². The number of carbonyl (C=O) groups is 1. The van der Waals surface area contributed by atoms with E-state index in [2.05, 4.69) is 17.6 Å². The first-order valence-electron chi connectivity index (χ1n) is 7.18. The summed E-state index contributed by atoms with van der Waals surface area (Å²) in [5.74, 6) is 0. The van der Waals surface area contributed by atoms with Gasteiger partial charge in [-0.2, -0.15) is 0 Å². The van der Waals surface area contributed by atoms with Gasteiger partial charge in [-0.1, -0.05) is 48.9 Å². The lowest BCUT2D eigenvalue weighted by Crippen LogP contribution is -2.24. The van der Waals surface area contributed by atoms with Crippen molar-refractivity contribution in [3.8, 4) is 0 Å². The quantitative estimate of drug-likeness (QED) is 0.819. The van der Waals surface area contributed by atoms with Crippen molar-refractivity contribution >= 4 is 29.4 Å². The van der Waals surface area contributed by atoms with Gasteiger partial charge in [0.05, 0.1) is 0 Å². The molecular formula is C18H19ClN2O. The number of halogens is 1. The topological polar surface area (TPSA) is 41.1 Å². The van der Waals surface area contributed by atoms with E-state index in [0.29, 0.717) is 5.02 Å². The Morgan fingerprint density at radius 3 is 2.73 bits per heavy atom. The zero-order valence-electron chi connectivity index (χ0n) is 12.7. The largest absolute Gasteiger partial charge is 0.323 e. The second-order valence-electron chi connectivity index (χ2n) is 4.95. The van der Waals surface area contributed by atoms with E-state index >= 15 is 0 Å². The Hall–Kier alpha value is -2.26. The Labute approximate surface area is 136 Å². The van der Waals surface area contributed by atoms with Crippen LogP contribution in [0.5, 0.6) is 0 Å². The van der Waals surface area contributed by atoms with Crippen LogP contribution in [0.4, 0.5) is 10.5 Å². The van der Waals surface area contributed by atoms with Crippen LogP contribution in [-0.2, 0) is 6.42 Å². The highest BCUT2D eigenvalue weighted by atomic mass is 35.5. The molecule has 2 aromatic carbocycles. The molecule has 0 unspecified atom stereocenters. The summed E-state index contributed by atoms with van der Waals surface area (Å²) < 4.78 is 0. The van der Waals surface area contributed by atoms with Gasteiger partial charge in [-0.3, -0.25) is 0 Å². The van der Waals surface area contributed by atoms with Gasteiger partial charge in [-0.25, -0.2) is 4.79 Å². The number of carbonyl (C=O) groups excluding carboxylic acids is 1. The molecule has 0 heterocycles. The Kier molecular flexibility index (Phi) is 5.61. The van der Waals surface area contributed by atoms with E-state index in [1.54, 1.807) is 12.3 Å². The summed E-state index contributed by atoms with van der Waals surface area (Å²) in [5, 5.41) is 6.27. The van der Waals surface area contributed by atoms with Crippen molar-refractivity contribution in [1.29, 1.82) is 0 Å². The minimum absolute atomic E-state index is 0.262. The molecule has 0 saturated carbocycles. The molecule has 0 aromatic heterocycles. The Morgan fingerprint density at radius 1 is 1.23 bits per heavy atom. The fourth-order valence-electron chi connectivity index (χ4n) is 2.18. The molecule has 0 aliphatic heterocycles. The maximum Gasteiger partial charge on any atom is 0.323 e. The van der Waals surface area contributed by atoms with Gasteiger partial charge in [-0.05, 0) is 48.2 Å². The van der Waals surface area contributed by atoms with Gasteiger partial charge in [0.2, 0.25) is 0 Å². The van der Waals surface area contributed by atoms with E-state index in [-0.39, 0.29) is 6.03 Å². The van der Waals surface area contributed by atoms with Crippen molar-refractivity contribution in [1.82, 2.24) is 5.32 Å². The van der Waals surface area contributed by atoms with Crippen LogP contribution in [0.1, 0.15) is 23.6 Å². The molecule has 4 heteroatoms. The normalized spacial score (nSPS) is 10.7.